The van der Waals surface area contributed by atoms with Gasteiger partial charge in [-0.2, -0.15) is 0 Å². The lowest BCUT2D eigenvalue weighted by atomic mass is 9.86. The molecule has 118 valence electrons. The molecule has 5 nitrogen and oxygen atoms in total. The van der Waals surface area contributed by atoms with E-state index < -0.39 is 0 Å². The Morgan fingerprint density at radius 1 is 1.41 bits per heavy atom. The highest BCUT2D eigenvalue weighted by molar-refractivity contribution is 6.33. The van der Waals surface area contributed by atoms with Gasteiger partial charge in [0, 0.05) is 18.5 Å². The van der Waals surface area contributed by atoms with Gasteiger partial charge in [-0.15, -0.1) is 0 Å². The van der Waals surface area contributed by atoms with E-state index in [1.54, 1.807) is 6.07 Å². The highest BCUT2D eigenvalue weighted by atomic mass is 35.5. The number of carbonyl (C=O) groups excluding carboxylic acids is 1. The minimum Gasteiger partial charge on any atom is -0.492 e. The number of benzene rings is 1. The van der Waals surface area contributed by atoms with Crippen LogP contribution in [0.25, 0.3) is 0 Å². The van der Waals surface area contributed by atoms with Gasteiger partial charge in [0.05, 0.1) is 17.3 Å². The molecule has 1 atom stereocenters. The lowest BCUT2D eigenvalue weighted by Gasteiger charge is -2.43. The second kappa shape index (κ2) is 5.32. The van der Waals surface area contributed by atoms with E-state index in [1.807, 2.05) is 0 Å². The number of nitrogen functional groups attached to an aromatic ring is 1. The zero-order valence-electron chi connectivity index (χ0n) is 12.3. The van der Waals surface area contributed by atoms with Crippen LogP contribution >= 0.6 is 11.6 Å². The number of nitrogens with zero attached hydrogens (tertiary/aromatic N) is 1. The van der Waals surface area contributed by atoms with Crippen LogP contribution < -0.4 is 10.5 Å². The van der Waals surface area contributed by atoms with Crippen LogP contribution in [0.4, 0.5) is 5.69 Å². The molecule has 1 aromatic carbocycles. The second-order valence-corrected chi connectivity index (χ2v) is 6.71. The average Bonchev–Trinajstić information content (AvgIpc) is 3.02. The Kier molecular flexibility index (Phi) is 3.42. The van der Waals surface area contributed by atoms with Gasteiger partial charge < -0.3 is 15.2 Å². The fraction of sp³-hybridized carbons (Fsp3) is 0.562. The number of carbonyl (C=O) groups is 1. The van der Waals surface area contributed by atoms with Crippen LogP contribution in [0.15, 0.2) is 6.07 Å². The van der Waals surface area contributed by atoms with Gasteiger partial charge in [-0.25, -0.2) is 4.79 Å². The molecular formula is C16H19ClN2O3. The number of hydrogen-bond donors (Lipinski definition) is 1. The summed E-state index contributed by atoms with van der Waals surface area (Å²) in [6, 6.07) is 1.57. The van der Waals surface area contributed by atoms with Crippen molar-refractivity contribution >= 4 is 23.3 Å². The molecule has 22 heavy (non-hydrogen) atoms. The monoisotopic (exact) mass is 322 g/mol. The van der Waals surface area contributed by atoms with Gasteiger partial charge in [-0.1, -0.05) is 11.6 Å². The molecule has 0 unspecified atom stereocenters. The molecule has 2 bridgehead atoms. The van der Waals surface area contributed by atoms with E-state index >= 15 is 0 Å². The van der Waals surface area contributed by atoms with Gasteiger partial charge in [0.1, 0.15) is 17.4 Å². The number of anilines is 1. The largest absolute Gasteiger partial charge is 0.492 e. The van der Waals surface area contributed by atoms with E-state index in [0.29, 0.717) is 41.0 Å². The van der Waals surface area contributed by atoms with Gasteiger partial charge in [0.15, 0.2) is 0 Å². The normalized spacial score (nSPS) is 29.0. The Bertz CT molecular complexity index is 626. The van der Waals surface area contributed by atoms with Gasteiger partial charge in [0.25, 0.3) is 0 Å². The fourth-order valence-corrected chi connectivity index (χ4v) is 3.99. The number of ether oxygens (including phenoxy) is 2. The van der Waals surface area contributed by atoms with Crippen molar-refractivity contribution in [3.8, 4) is 5.75 Å². The highest BCUT2D eigenvalue weighted by Crippen LogP contribution is 2.39. The first-order chi connectivity index (χ1) is 10.6. The Hall–Kier alpha value is -1.46. The summed E-state index contributed by atoms with van der Waals surface area (Å²) >= 11 is 6.15. The first-order valence-electron chi connectivity index (χ1n) is 7.80. The average molecular weight is 323 g/mol. The molecule has 4 heterocycles. The second-order valence-electron chi connectivity index (χ2n) is 6.31. The SMILES string of the molecule is Nc1c(Cl)cc(C(=O)O[C@H]2CN3CCC2CC3)c2c1CCO2. The summed E-state index contributed by atoms with van der Waals surface area (Å²) < 4.78 is 11.4. The van der Waals surface area contributed by atoms with Crippen molar-refractivity contribution in [2.75, 3.05) is 32.0 Å². The predicted molar refractivity (Wildman–Crippen MR) is 83.4 cm³/mol. The van der Waals surface area contributed by atoms with Crippen LogP contribution in [0.5, 0.6) is 5.75 Å². The third-order valence-electron chi connectivity index (χ3n) is 5.05. The highest BCUT2D eigenvalue weighted by Gasteiger charge is 2.37. The summed E-state index contributed by atoms with van der Waals surface area (Å²) in [6.07, 6.45) is 2.87. The van der Waals surface area contributed by atoms with Crippen molar-refractivity contribution in [1.82, 2.24) is 4.90 Å². The van der Waals surface area contributed by atoms with Crippen LogP contribution in [-0.4, -0.2) is 43.2 Å². The van der Waals surface area contributed by atoms with Gasteiger partial charge >= 0.3 is 5.97 Å². The molecule has 5 rings (SSSR count). The Morgan fingerprint density at radius 3 is 2.86 bits per heavy atom. The molecular weight excluding hydrogens is 304 g/mol. The fourth-order valence-electron chi connectivity index (χ4n) is 3.76. The van der Waals surface area contributed by atoms with Crippen LogP contribution in [0.1, 0.15) is 28.8 Å². The molecule has 0 aliphatic carbocycles. The summed E-state index contributed by atoms with van der Waals surface area (Å²) in [5.41, 5.74) is 7.71. The zero-order chi connectivity index (χ0) is 15.3. The lowest BCUT2D eigenvalue weighted by molar-refractivity contribution is -0.0457. The minimum absolute atomic E-state index is 0.0246. The Morgan fingerprint density at radius 2 is 2.18 bits per heavy atom. The van der Waals surface area contributed by atoms with Crippen molar-refractivity contribution in [2.24, 2.45) is 5.92 Å². The van der Waals surface area contributed by atoms with Crippen molar-refractivity contribution in [1.29, 1.82) is 0 Å². The molecule has 6 heteroatoms. The minimum atomic E-state index is -0.348. The van der Waals surface area contributed by atoms with Crippen molar-refractivity contribution in [2.45, 2.75) is 25.4 Å². The topological polar surface area (TPSA) is 64.8 Å². The lowest BCUT2D eigenvalue weighted by Crippen LogP contribution is -2.51. The molecule has 0 aromatic heterocycles. The summed E-state index contributed by atoms with van der Waals surface area (Å²) in [5.74, 6) is 0.680. The first kappa shape index (κ1) is 14.2. The van der Waals surface area contributed by atoms with Crippen LogP contribution in [-0.2, 0) is 11.2 Å². The molecule has 4 aliphatic rings. The number of piperidine rings is 3. The van der Waals surface area contributed by atoms with Crippen molar-refractivity contribution in [3.63, 3.8) is 0 Å². The zero-order valence-corrected chi connectivity index (χ0v) is 13.1. The molecule has 3 fully saturated rings. The molecule has 0 radical (unpaired) electrons. The van der Waals surface area contributed by atoms with Gasteiger partial charge in [0.2, 0.25) is 0 Å². The third-order valence-corrected chi connectivity index (χ3v) is 5.36. The van der Waals surface area contributed by atoms with Crippen molar-refractivity contribution < 1.29 is 14.3 Å². The molecule has 2 N–H and O–H groups in total. The summed E-state index contributed by atoms with van der Waals surface area (Å²) in [5, 5.41) is 0.394. The van der Waals surface area contributed by atoms with Crippen LogP contribution in [0.3, 0.4) is 0 Å². The van der Waals surface area contributed by atoms with E-state index in [0.717, 1.165) is 38.0 Å². The van der Waals surface area contributed by atoms with Crippen LogP contribution in [0.2, 0.25) is 5.02 Å². The smallest absolute Gasteiger partial charge is 0.342 e. The van der Waals surface area contributed by atoms with E-state index in [4.69, 9.17) is 26.8 Å². The number of esters is 1. The third kappa shape index (κ3) is 2.23. The van der Waals surface area contributed by atoms with Crippen LogP contribution in [0, 0.1) is 5.92 Å². The maximum absolute atomic E-state index is 12.6. The number of fused-ring (bicyclic) bond motifs is 4. The standard InChI is InChI=1S/C16H19ClN2O3/c17-12-7-11(15-10(14(12)18)3-6-21-15)16(20)22-13-8-19-4-1-9(13)2-5-19/h7,9,13H,1-6,8,18H2/t13-/m0/s1. The maximum atomic E-state index is 12.6. The van der Waals surface area contributed by atoms with Gasteiger partial charge in [-0.3, -0.25) is 4.90 Å². The van der Waals surface area contributed by atoms with Crippen molar-refractivity contribution in [3.05, 3.63) is 22.2 Å². The molecule has 0 saturated carbocycles. The number of halogens is 1. The maximum Gasteiger partial charge on any atom is 0.342 e. The molecule has 4 aliphatic heterocycles. The first-order valence-corrected chi connectivity index (χ1v) is 8.18. The predicted octanol–water partition coefficient (Wildman–Crippen LogP) is 2.11. The summed E-state index contributed by atoms with van der Waals surface area (Å²) in [6.45, 7) is 3.60. The molecule has 0 spiro atoms. The number of nitrogens with two attached hydrogens (primary N) is 1. The van der Waals surface area contributed by atoms with E-state index in [1.165, 1.54) is 0 Å². The van der Waals surface area contributed by atoms with E-state index in [-0.39, 0.29) is 12.1 Å². The Labute approximate surface area is 134 Å². The Balaban J connectivity index is 1.59. The number of hydrogen-bond acceptors (Lipinski definition) is 5. The quantitative estimate of drug-likeness (QED) is 0.667. The number of rotatable bonds is 2. The van der Waals surface area contributed by atoms with E-state index in [9.17, 15) is 4.79 Å². The molecule has 3 saturated heterocycles. The van der Waals surface area contributed by atoms with Gasteiger partial charge in [-0.05, 0) is 37.9 Å². The molecule has 0 amide bonds. The molecule has 1 aromatic rings. The van der Waals surface area contributed by atoms with E-state index in [2.05, 4.69) is 4.90 Å². The summed E-state index contributed by atoms with van der Waals surface area (Å²) in [4.78, 5) is 14.9. The summed E-state index contributed by atoms with van der Waals surface area (Å²) in [7, 11) is 0.